The van der Waals surface area contributed by atoms with Gasteiger partial charge >= 0.3 is 0 Å². The van der Waals surface area contributed by atoms with Crippen molar-refractivity contribution in [3.05, 3.63) is 95.6 Å². The van der Waals surface area contributed by atoms with Crippen LogP contribution in [0.1, 0.15) is 28.4 Å². The largest absolute Gasteiger partial charge is 0.508 e. The number of carbonyl (C=O) groups is 1. The van der Waals surface area contributed by atoms with Gasteiger partial charge in [0.05, 0.1) is 6.04 Å². The minimum absolute atomic E-state index is 0.0235. The second kappa shape index (κ2) is 7.31. The summed E-state index contributed by atoms with van der Waals surface area (Å²) in [5, 5.41) is 12.5. The maximum absolute atomic E-state index is 13.4. The number of halogens is 2. The van der Waals surface area contributed by atoms with Gasteiger partial charge in [-0.25, -0.2) is 8.78 Å². The van der Waals surface area contributed by atoms with Gasteiger partial charge in [-0.1, -0.05) is 12.1 Å². The smallest absolute Gasteiger partial charge is 0.252 e. The first-order valence-corrected chi connectivity index (χ1v) is 8.90. The number of nitrogens with one attached hydrogen (secondary N) is 1. The second-order valence-electron chi connectivity index (χ2n) is 6.72. The molecule has 28 heavy (non-hydrogen) atoms. The van der Waals surface area contributed by atoms with Crippen LogP contribution in [-0.4, -0.2) is 17.2 Å². The molecule has 0 saturated carbocycles. The molecule has 4 rings (SSSR count). The van der Waals surface area contributed by atoms with Gasteiger partial charge in [0.2, 0.25) is 0 Å². The highest BCUT2D eigenvalue weighted by molar-refractivity contribution is 5.94. The summed E-state index contributed by atoms with van der Waals surface area (Å²) < 4.78 is 26.4. The fourth-order valence-corrected chi connectivity index (χ4v) is 3.45. The molecule has 0 aliphatic carbocycles. The zero-order valence-corrected chi connectivity index (χ0v) is 14.8. The van der Waals surface area contributed by atoms with Crippen molar-refractivity contribution in [1.29, 1.82) is 0 Å². The van der Waals surface area contributed by atoms with E-state index in [0.717, 1.165) is 11.3 Å². The molecule has 4 nitrogen and oxygen atoms in total. The lowest BCUT2D eigenvalue weighted by atomic mass is 9.90. The molecule has 2 N–H and O–H groups in total. The van der Waals surface area contributed by atoms with Crippen LogP contribution in [0, 0.1) is 11.6 Å². The molecule has 1 unspecified atom stereocenters. The molecule has 1 saturated heterocycles. The average molecular weight is 380 g/mol. The number of aromatic hydroxyl groups is 1. The summed E-state index contributed by atoms with van der Waals surface area (Å²) in [6, 6.07) is 18.3. The molecule has 1 amide bonds. The molecular weight excluding hydrogens is 362 g/mol. The fraction of sp³-hybridized carbons (Fsp3) is 0.136. The Kier molecular flexibility index (Phi) is 4.69. The fourth-order valence-electron chi connectivity index (χ4n) is 3.45. The van der Waals surface area contributed by atoms with E-state index in [2.05, 4.69) is 5.32 Å². The lowest BCUT2D eigenvalue weighted by Crippen LogP contribution is -2.59. The topological polar surface area (TPSA) is 52.6 Å². The van der Waals surface area contributed by atoms with Gasteiger partial charge < -0.3 is 15.3 Å². The predicted molar refractivity (Wildman–Crippen MR) is 102 cm³/mol. The van der Waals surface area contributed by atoms with Crippen LogP contribution in [0.25, 0.3) is 0 Å². The molecule has 1 heterocycles. The van der Waals surface area contributed by atoms with Crippen molar-refractivity contribution in [3.8, 4) is 5.75 Å². The van der Waals surface area contributed by atoms with Gasteiger partial charge in [-0.2, -0.15) is 0 Å². The first-order chi connectivity index (χ1) is 13.5. The quantitative estimate of drug-likeness (QED) is 0.706. The van der Waals surface area contributed by atoms with Gasteiger partial charge in [0.1, 0.15) is 23.5 Å². The van der Waals surface area contributed by atoms with Crippen LogP contribution in [0.3, 0.4) is 0 Å². The van der Waals surface area contributed by atoms with Gasteiger partial charge in [-0.05, 0) is 66.2 Å². The summed E-state index contributed by atoms with van der Waals surface area (Å²) in [7, 11) is 0. The summed E-state index contributed by atoms with van der Waals surface area (Å²) in [6.07, 6.45) is 0.358. The van der Waals surface area contributed by atoms with Crippen LogP contribution in [0.5, 0.6) is 5.75 Å². The van der Waals surface area contributed by atoms with Gasteiger partial charge in [0, 0.05) is 17.7 Å². The molecule has 3 aromatic carbocycles. The van der Waals surface area contributed by atoms with Crippen molar-refractivity contribution in [2.75, 3.05) is 4.90 Å². The minimum atomic E-state index is -0.402. The Morgan fingerprint density at radius 1 is 0.893 bits per heavy atom. The number of hydrogen-bond donors (Lipinski definition) is 2. The van der Waals surface area contributed by atoms with Crippen molar-refractivity contribution in [3.63, 3.8) is 0 Å². The van der Waals surface area contributed by atoms with Crippen LogP contribution in [0.4, 0.5) is 14.5 Å². The number of phenolic OH excluding ortho intramolecular Hbond substituents is 1. The Labute approximate surface area is 161 Å². The third-order valence-electron chi connectivity index (χ3n) is 4.92. The van der Waals surface area contributed by atoms with Crippen molar-refractivity contribution in [2.45, 2.75) is 18.6 Å². The summed E-state index contributed by atoms with van der Waals surface area (Å²) >= 11 is 0. The normalized spacial score (nSPS) is 18.4. The number of amides is 1. The number of benzene rings is 3. The highest BCUT2D eigenvalue weighted by atomic mass is 19.1. The monoisotopic (exact) mass is 380 g/mol. The molecule has 0 aromatic heterocycles. The second-order valence-corrected chi connectivity index (χ2v) is 6.72. The van der Waals surface area contributed by atoms with Crippen LogP contribution in [0.2, 0.25) is 0 Å². The predicted octanol–water partition coefficient (Wildman–Crippen LogP) is 4.38. The van der Waals surface area contributed by atoms with Crippen LogP contribution in [-0.2, 0) is 0 Å². The average Bonchev–Trinajstić information content (AvgIpc) is 2.68. The third kappa shape index (κ3) is 3.53. The molecule has 2 atom stereocenters. The Bertz CT molecular complexity index is 973. The SMILES string of the molecule is O=C(NC1C[C@H](c2ccc(O)cc2)N1c1ccc(F)cc1)c1ccc(F)cc1. The lowest BCUT2D eigenvalue weighted by molar-refractivity contribution is 0.0910. The number of nitrogens with zero attached hydrogens (tertiary/aromatic N) is 1. The van der Waals surface area contributed by atoms with Crippen LogP contribution < -0.4 is 10.2 Å². The summed E-state index contributed by atoms with van der Waals surface area (Å²) in [4.78, 5) is 14.5. The molecule has 0 spiro atoms. The highest BCUT2D eigenvalue weighted by Crippen LogP contribution is 2.42. The Balaban J connectivity index is 1.57. The van der Waals surface area contributed by atoms with Gasteiger partial charge in [-0.15, -0.1) is 0 Å². The Morgan fingerprint density at radius 2 is 1.46 bits per heavy atom. The number of carbonyl (C=O) groups excluding carboxylic acids is 1. The van der Waals surface area contributed by atoms with E-state index in [1.807, 2.05) is 17.0 Å². The van der Waals surface area contributed by atoms with Gasteiger partial charge in [-0.3, -0.25) is 4.79 Å². The van der Waals surface area contributed by atoms with E-state index in [1.165, 1.54) is 36.4 Å². The van der Waals surface area contributed by atoms with E-state index in [4.69, 9.17) is 0 Å². The highest BCUT2D eigenvalue weighted by Gasteiger charge is 2.40. The number of rotatable bonds is 4. The summed E-state index contributed by atoms with van der Waals surface area (Å²) in [5.41, 5.74) is 2.12. The Hall–Kier alpha value is -3.41. The third-order valence-corrected chi connectivity index (χ3v) is 4.92. The van der Waals surface area contributed by atoms with Crippen LogP contribution in [0.15, 0.2) is 72.8 Å². The minimum Gasteiger partial charge on any atom is -0.508 e. The number of phenols is 1. The van der Waals surface area contributed by atoms with Crippen LogP contribution >= 0.6 is 0 Å². The van der Waals surface area contributed by atoms with E-state index in [1.54, 1.807) is 24.3 Å². The van der Waals surface area contributed by atoms with E-state index < -0.39 is 5.82 Å². The van der Waals surface area contributed by atoms with E-state index in [-0.39, 0.29) is 29.7 Å². The first kappa shape index (κ1) is 18.0. The van der Waals surface area contributed by atoms with E-state index in [0.29, 0.717) is 12.0 Å². The zero-order valence-electron chi connectivity index (χ0n) is 14.8. The Morgan fingerprint density at radius 3 is 2.07 bits per heavy atom. The maximum atomic E-state index is 13.4. The molecule has 0 radical (unpaired) electrons. The molecule has 142 valence electrons. The zero-order chi connectivity index (χ0) is 19.7. The lowest BCUT2D eigenvalue weighted by Gasteiger charge is -2.50. The van der Waals surface area contributed by atoms with Crippen molar-refractivity contribution >= 4 is 11.6 Å². The maximum Gasteiger partial charge on any atom is 0.252 e. The van der Waals surface area contributed by atoms with E-state index in [9.17, 15) is 18.7 Å². The van der Waals surface area contributed by atoms with Crippen molar-refractivity contribution < 1.29 is 18.7 Å². The molecular formula is C22H18F2N2O2. The molecule has 1 aliphatic heterocycles. The number of hydrogen-bond acceptors (Lipinski definition) is 3. The molecule has 3 aromatic rings. The first-order valence-electron chi connectivity index (χ1n) is 8.90. The molecule has 0 bridgehead atoms. The van der Waals surface area contributed by atoms with Crippen molar-refractivity contribution in [1.82, 2.24) is 5.32 Å². The van der Waals surface area contributed by atoms with E-state index >= 15 is 0 Å². The van der Waals surface area contributed by atoms with Crippen molar-refractivity contribution in [2.24, 2.45) is 0 Å². The molecule has 1 fully saturated rings. The summed E-state index contributed by atoms with van der Waals surface area (Å²) in [5.74, 6) is -0.864. The van der Waals surface area contributed by atoms with Gasteiger partial charge in [0.15, 0.2) is 0 Å². The number of anilines is 1. The summed E-state index contributed by atoms with van der Waals surface area (Å²) in [6.45, 7) is 0. The molecule has 1 aliphatic rings. The standard InChI is InChI=1S/C22H18F2N2O2/c23-16-5-1-15(2-6-16)22(28)25-21-13-20(14-3-11-19(27)12-4-14)26(21)18-9-7-17(24)8-10-18/h1-12,20-21,27H,13H2,(H,25,28)/t20-,21?/m1/s1. The van der Waals surface area contributed by atoms with Gasteiger partial charge in [0.25, 0.3) is 5.91 Å². The molecule has 6 heteroatoms.